The van der Waals surface area contributed by atoms with Crippen molar-refractivity contribution in [3.05, 3.63) is 0 Å². The van der Waals surface area contributed by atoms with Gasteiger partial charge in [0.25, 0.3) is 0 Å². The summed E-state index contributed by atoms with van der Waals surface area (Å²) < 4.78 is 39.8. The first kappa shape index (κ1) is 15.2. The Morgan fingerprint density at radius 1 is 1.50 bits per heavy atom. The molecule has 1 amide bonds. The highest BCUT2D eigenvalue weighted by atomic mass is 19.4. The van der Waals surface area contributed by atoms with Gasteiger partial charge in [-0.1, -0.05) is 0 Å². The maximum Gasteiger partial charge on any atom is 0.411 e. The zero-order valence-electron chi connectivity index (χ0n) is 10.4. The van der Waals surface area contributed by atoms with Crippen molar-refractivity contribution in [3.63, 3.8) is 0 Å². The smallest absolute Gasteiger partial charge is 0.372 e. The van der Waals surface area contributed by atoms with Crippen molar-refractivity contribution in [3.8, 4) is 0 Å². The van der Waals surface area contributed by atoms with Gasteiger partial charge in [0.2, 0.25) is 5.91 Å². The van der Waals surface area contributed by atoms with Crippen LogP contribution in [0.25, 0.3) is 0 Å². The normalized spacial score (nSPS) is 25.3. The molecule has 0 aromatic heterocycles. The zero-order chi connectivity index (χ0) is 13.8. The van der Waals surface area contributed by atoms with Gasteiger partial charge < -0.3 is 15.4 Å². The van der Waals surface area contributed by atoms with Gasteiger partial charge in [0.1, 0.15) is 6.61 Å². The molecule has 1 rings (SSSR count). The van der Waals surface area contributed by atoms with Crippen LogP contribution >= 0.6 is 0 Å². The molecule has 2 atom stereocenters. The molecular weight excluding hydrogens is 249 g/mol. The number of likely N-dealkylation sites (tertiary alicyclic amines) is 1. The minimum Gasteiger partial charge on any atom is -0.372 e. The molecule has 2 unspecified atom stereocenters. The second-order valence-electron chi connectivity index (χ2n) is 4.64. The second kappa shape index (κ2) is 6.38. The van der Waals surface area contributed by atoms with E-state index in [4.69, 9.17) is 5.73 Å². The molecule has 0 saturated carbocycles. The number of rotatable bonds is 4. The van der Waals surface area contributed by atoms with E-state index in [0.29, 0.717) is 6.54 Å². The molecule has 0 radical (unpaired) electrons. The lowest BCUT2D eigenvalue weighted by atomic mass is 9.99. The number of hydrogen-bond donors (Lipinski definition) is 1. The van der Waals surface area contributed by atoms with E-state index in [1.54, 1.807) is 4.90 Å². The summed E-state index contributed by atoms with van der Waals surface area (Å²) >= 11 is 0. The van der Waals surface area contributed by atoms with E-state index in [1.807, 2.05) is 6.92 Å². The summed E-state index contributed by atoms with van der Waals surface area (Å²) in [6.07, 6.45) is -2.89. The lowest BCUT2D eigenvalue weighted by Gasteiger charge is -2.36. The Morgan fingerprint density at radius 2 is 2.17 bits per heavy atom. The summed E-state index contributed by atoms with van der Waals surface area (Å²) in [5, 5.41) is 0. The molecule has 1 aliphatic rings. The van der Waals surface area contributed by atoms with Gasteiger partial charge in [0.15, 0.2) is 0 Å². The van der Waals surface area contributed by atoms with Crippen LogP contribution < -0.4 is 5.73 Å². The van der Waals surface area contributed by atoms with Crippen molar-refractivity contribution in [1.29, 1.82) is 0 Å². The molecule has 0 aromatic rings. The zero-order valence-corrected chi connectivity index (χ0v) is 10.4. The summed E-state index contributed by atoms with van der Waals surface area (Å²) in [6.45, 7) is 0.961. The van der Waals surface area contributed by atoms with Crippen molar-refractivity contribution in [2.45, 2.75) is 44.4 Å². The Morgan fingerprint density at radius 3 is 2.72 bits per heavy atom. The van der Waals surface area contributed by atoms with Crippen LogP contribution in [-0.4, -0.2) is 48.8 Å². The van der Waals surface area contributed by atoms with Crippen LogP contribution in [0.2, 0.25) is 0 Å². The summed E-state index contributed by atoms with van der Waals surface area (Å²) in [4.78, 5) is 13.4. The van der Waals surface area contributed by atoms with E-state index >= 15 is 0 Å². The number of ether oxygens (including phenoxy) is 1. The summed E-state index contributed by atoms with van der Waals surface area (Å²) in [5.74, 6) is -0.170. The van der Waals surface area contributed by atoms with Crippen molar-refractivity contribution in [2.24, 2.45) is 5.73 Å². The third-order valence-corrected chi connectivity index (χ3v) is 2.96. The Hall–Kier alpha value is -0.820. The van der Waals surface area contributed by atoms with E-state index in [0.717, 1.165) is 12.8 Å². The lowest BCUT2D eigenvalue weighted by molar-refractivity contribution is -0.175. The molecule has 106 valence electrons. The molecule has 2 N–H and O–H groups in total. The highest BCUT2D eigenvalue weighted by Gasteiger charge is 2.29. The van der Waals surface area contributed by atoms with E-state index < -0.39 is 12.8 Å². The van der Waals surface area contributed by atoms with Crippen LogP contribution in [0.5, 0.6) is 0 Å². The van der Waals surface area contributed by atoms with Crippen molar-refractivity contribution in [1.82, 2.24) is 4.90 Å². The molecular formula is C11H19F3N2O2. The lowest BCUT2D eigenvalue weighted by Crippen LogP contribution is -2.48. The average Bonchev–Trinajstić information content (AvgIpc) is 2.22. The van der Waals surface area contributed by atoms with Gasteiger partial charge in [-0.15, -0.1) is 0 Å². The van der Waals surface area contributed by atoms with Gasteiger partial charge in [-0.2, -0.15) is 13.2 Å². The van der Waals surface area contributed by atoms with Crippen LogP contribution in [0.4, 0.5) is 13.2 Å². The third-order valence-electron chi connectivity index (χ3n) is 2.96. The first-order valence-corrected chi connectivity index (χ1v) is 5.99. The Kier molecular flexibility index (Phi) is 5.40. The quantitative estimate of drug-likeness (QED) is 0.782. The number of nitrogens with zero attached hydrogens (tertiary/aromatic N) is 1. The minimum atomic E-state index is -4.34. The second-order valence-corrected chi connectivity index (χ2v) is 4.64. The van der Waals surface area contributed by atoms with Crippen molar-refractivity contribution < 1.29 is 22.7 Å². The fourth-order valence-electron chi connectivity index (χ4n) is 2.07. The van der Waals surface area contributed by atoms with Gasteiger partial charge in [-0.25, -0.2) is 0 Å². The maximum absolute atomic E-state index is 11.8. The van der Waals surface area contributed by atoms with E-state index in [-0.39, 0.29) is 31.0 Å². The fourth-order valence-corrected chi connectivity index (χ4v) is 2.07. The molecule has 0 aromatic carbocycles. The largest absolute Gasteiger partial charge is 0.411 e. The van der Waals surface area contributed by atoms with E-state index in [9.17, 15) is 18.0 Å². The van der Waals surface area contributed by atoms with Gasteiger partial charge >= 0.3 is 6.18 Å². The van der Waals surface area contributed by atoms with E-state index in [1.165, 1.54) is 0 Å². The molecule has 7 heteroatoms. The Balaban J connectivity index is 2.24. The van der Waals surface area contributed by atoms with Crippen LogP contribution in [0.3, 0.4) is 0 Å². The molecule has 0 spiro atoms. The number of amides is 1. The Labute approximate surface area is 104 Å². The van der Waals surface area contributed by atoms with Crippen molar-refractivity contribution in [2.75, 3.05) is 19.8 Å². The molecule has 0 bridgehead atoms. The molecule has 1 heterocycles. The first-order valence-electron chi connectivity index (χ1n) is 5.99. The number of alkyl halides is 3. The average molecular weight is 268 g/mol. The molecule has 4 nitrogen and oxygen atoms in total. The number of carbonyl (C=O) groups excluding carboxylic acids is 1. The SMILES string of the molecule is CC1CC(N)CCN1C(=O)CCOCC(F)(F)F. The van der Waals surface area contributed by atoms with Crippen LogP contribution in [0, 0.1) is 0 Å². The molecule has 1 fully saturated rings. The van der Waals surface area contributed by atoms with Crippen molar-refractivity contribution >= 4 is 5.91 Å². The summed E-state index contributed by atoms with van der Waals surface area (Å²) in [7, 11) is 0. The predicted molar refractivity (Wildman–Crippen MR) is 59.9 cm³/mol. The fraction of sp³-hybridized carbons (Fsp3) is 0.909. The minimum absolute atomic E-state index is 0.0182. The molecule has 18 heavy (non-hydrogen) atoms. The number of nitrogens with two attached hydrogens (primary N) is 1. The predicted octanol–water partition coefficient (Wildman–Crippen LogP) is 1.29. The first-order chi connectivity index (χ1) is 8.29. The Bertz CT molecular complexity index is 284. The highest BCUT2D eigenvalue weighted by molar-refractivity contribution is 5.76. The number of hydrogen-bond acceptors (Lipinski definition) is 3. The van der Waals surface area contributed by atoms with Crippen LogP contribution in [0.15, 0.2) is 0 Å². The van der Waals surface area contributed by atoms with Crippen LogP contribution in [0.1, 0.15) is 26.2 Å². The third kappa shape index (κ3) is 5.22. The van der Waals surface area contributed by atoms with Crippen LogP contribution in [-0.2, 0) is 9.53 Å². The van der Waals surface area contributed by atoms with Gasteiger partial charge in [0.05, 0.1) is 13.0 Å². The maximum atomic E-state index is 11.8. The number of halogens is 3. The molecule has 1 saturated heterocycles. The molecule has 1 aliphatic heterocycles. The highest BCUT2D eigenvalue weighted by Crippen LogP contribution is 2.17. The standard InChI is InChI=1S/C11H19F3N2O2/c1-8-6-9(15)2-4-16(8)10(17)3-5-18-7-11(12,13)14/h8-9H,2-7,15H2,1H3. The topological polar surface area (TPSA) is 55.6 Å². The van der Waals surface area contributed by atoms with Gasteiger partial charge in [-0.3, -0.25) is 4.79 Å². The van der Waals surface area contributed by atoms with Gasteiger partial charge in [-0.05, 0) is 19.8 Å². The monoisotopic (exact) mass is 268 g/mol. The molecule has 0 aliphatic carbocycles. The summed E-state index contributed by atoms with van der Waals surface area (Å²) in [6, 6.07) is 0.148. The summed E-state index contributed by atoms with van der Waals surface area (Å²) in [5.41, 5.74) is 5.77. The van der Waals surface area contributed by atoms with E-state index in [2.05, 4.69) is 4.74 Å². The van der Waals surface area contributed by atoms with Gasteiger partial charge in [0, 0.05) is 18.6 Å². The number of piperidine rings is 1. The number of carbonyl (C=O) groups is 1.